The second-order valence-corrected chi connectivity index (χ2v) is 5.31. The van der Waals surface area contributed by atoms with Gasteiger partial charge in [0.2, 0.25) is 0 Å². The molecule has 0 unspecified atom stereocenters. The van der Waals surface area contributed by atoms with Crippen LogP contribution in [0.3, 0.4) is 0 Å². The van der Waals surface area contributed by atoms with Gasteiger partial charge in [0, 0.05) is 0 Å². The van der Waals surface area contributed by atoms with Crippen LogP contribution in [0.25, 0.3) is 0 Å². The molecule has 4 heteroatoms. The second kappa shape index (κ2) is 10.3. The van der Waals surface area contributed by atoms with Gasteiger partial charge in [0.15, 0.2) is 0 Å². The van der Waals surface area contributed by atoms with Crippen LogP contribution in [0.5, 0.6) is 0 Å². The van der Waals surface area contributed by atoms with Gasteiger partial charge in [-0.05, 0) is 11.8 Å². The summed E-state index contributed by atoms with van der Waals surface area (Å²) in [5, 5.41) is 0. The van der Waals surface area contributed by atoms with Crippen molar-refractivity contribution in [3.05, 3.63) is 0 Å². The van der Waals surface area contributed by atoms with Crippen LogP contribution >= 0.6 is 8.25 Å². The molecule has 0 aromatic heterocycles. The van der Waals surface area contributed by atoms with Crippen LogP contribution < -0.4 is 0 Å². The van der Waals surface area contributed by atoms with Crippen LogP contribution in [0.15, 0.2) is 0 Å². The first-order valence-corrected chi connectivity index (χ1v) is 7.69. The molecule has 0 aliphatic rings. The largest absolute Gasteiger partial charge is 0.319 e. The van der Waals surface area contributed by atoms with Gasteiger partial charge >= 0.3 is 8.25 Å². The molecule has 0 heterocycles. The van der Waals surface area contributed by atoms with Crippen molar-refractivity contribution in [2.45, 2.75) is 53.4 Å². The molecule has 0 aromatic rings. The summed E-state index contributed by atoms with van der Waals surface area (Å²) >= 11 is 0. The lowest BCUT2D eigenvalue weighted by Crippen LogP contribution is -2.07. The van der Waals surface area contributed by atoms with Gasteiger partial charge < -0.3 is 9.05 Å². The lowest BCUT2D eigenvalue weighted by molar-refractivity contribution is 0.171. The normalized spacial score (nSPS) is 11.9. The van der Waals surface area contributed by atoms with Crippen molar-refractivity contribution in [2.24, 2.45) is 11.8 Å². The predicted octanol–water partition coefficient (Wildman–Crippen LogP) is 4.28. The summed E-state index contributed by atoms with van der Waals surface area (Å²) in [5.41, 5.74) is 0. The van der Waals surface area contributed by atoms with Gasteiger partial charge in [-0.1, -0.05) is 53.4 Å². The Balaban J connectivity index is 3.65. The van der Waals surface area contributed by atoms with Crippen LogP contribution in [-0.2, 0) is 13.6 Å². The first kappa shape index (κ1) is 16.1. The molecule has 0 saturated heterocycles. The molecular weight excluding hydrogens is 223 g/mol. The van der Waals surface area contributed by atoms with Gasteiger partial charge in [-0.3, -0.25) is 4.57 Å². The Kier molecular flexibility index (Phi) is 10.4. The third-order valence-electron chi connectivity index (χ3n) is 3.18. The Hall–Kier alpha value is 0.150. The fourth-order valence-corrected chi connectivity index (χ4v) is 2.29. The monoisotopic (exact) mass is 250 g/mol. The van der Waals surface area contributed by atoms with Crippen LogP contribution in [0.2, 0.25) is 0 Å². The molecule has 0 saturated carbocycles. The van der Waals surface area contributed by atoms with Crippen molar-refractivity contribution in [2.75, 3.05) is 13.2 Å². The minimum absolute atomic E-state index is 0.505. The van der Waals surface area contributed by atoms with Crippen LogP contribution in [0.4, 0.5) is 0 Å². The zero-order valence-electron chi connectivity index (χ0n) is 11.1. The second-order valence-electron chi connectivity index (χ2n) is 4.24. The Morgan fingerprint density at radius 3 is 1.38 bits per heavy atom. The summed E-state index contributed by atoms with van der Waals surface area (Å²) < 4.78 is 22.0. The highest BCUT2D eigenvalue weighted by atomic mass is 31.1. The maximum atomic E-state index is 11.5. The Morgan fingerprint density at radius 2 is 1.12 bits per heavy atom. The van der Waals surface area contributed by atoms with Gasteiger partial charge in [0.25, 0.3) is 0 Å². The van der Waals surface area contributed by atoms with Gasteiger partial charge in [-0.25, -0.2) is 0 Å². The molecule has 0 rings (SSSR count). The molecule has 0 N–H and O–H groups in total. The molecule has 98 valence electrons. The topological polar surface area (TPSA) is 35.5 Å². The van der Waals surface area contributed by atoms with Crippen molar-refractivity contribution in [1.82, 2.24) is 0 Å². The number of hydrogen-bond donors (Lipinski definition) is 0. The Bertz CT molecular complexity index is 159. The SMILES string of the molecule is CCC(CC)CO[PH](=O)OCC(CC)CC. The lowest BCUT2D eigenvalue weighted by atomic mass is 10.1. The molecule has 0 aliphatic heterocycles. The van der Waals surface area contributed by atoms with E-state index in [1.165, 1.54) is 0 Å². The van der Waals surface area contributed by atoms with E-state index in [-0.39, 0.29) is 0 Å². The average Bonchev–Trinajstić information content (AvgIpc) is 2.31. The third-order valence-corrected chi connectivity index (χ3v) is 3.99. The van der Waals surface area contributed by atoms with E-state index in [0.29, 0.717) is 25.0 Å². The first-order chi connectivity index (χ1) is 7.67. The van der Waals surface area contributed by atoms with E-state index < -0.39 is 8.25 Å². The average molecular weight is 250 g/mol. The highest BCUT2D eigenvalue weighted by Crippen LogP contribution is 2.27. The smallest absolute Gasteiger partial charge is 0.310 e. The molecule has 0 amide bonds. The van der Waals surface area contributed by atoms with Gasteiger partial charge in [-0.15, -0.1) is 0 Å². The molecule has 0 fully saturated rings. The van der Waals surface area contributed by atoms with E-state index >= 15 is 0 Å². The zero-order chi connectivity index (χ0) is 12.4. The van der Waals surface area contributed by atoms with E-state index in [0.717, 1.165) is 25.7 Å². The minimum atomic E-state index is -2.27. The number of hydrogen-bond acceptors (Lipinski definition) is 3. The molecule has 0 bridgehead atoms. The molecule has 16 heavy (non-hydrogen) atoms. The summed E-state index contributed by atoms with van der Waals surface area (Å²) in [6.07, 6.45) is 4.27. The first-order valence-electron chi connectivity index (χ1n) is 6.47. The highest BCUT2D eigenvalue weighted by molar-refractivity contribution is 7.33. The van der Waals surface area contributed by atoms with Crippen molar-refractivity contribution in [1.29, 1.82) is 0 Å². The molecule has 0 aromatic carbocycles. The Morgan fingerprint density at radius 1 is 0.812 bits per heavy atom. The maximum absolute atomic E-state index is 11.5. The molecule has 0 atom stereocenters. The van der Waals surface area contributed by atoms with Crippen molar-refractivity contribution in [3.8, 4) is 0 Å². The molecule has 3 nitrogen and oxygen atoms in total. The van der Waals surface area contributed by atoms with Crippen LogP contribution in [0.1, 0.15) is 53.4 Å². The molecule has 0 radical (unpaired) electrons. The summed E-state index contributed by atoms with van der Waals surface area (Å²) in [5.74, 6) is 1.01. The van der Waals surface area contributed by atoms with E-state index in [1.54, 1.807) is 0 Å². The summed E-state index contributed by atoms with van der Waals surface area (Å²) in [6, 6.07) is 0. The standard InChI is InChI=1S/C12H27O3P/c1-5-11(6-2)9-14-16(13)15-10-12(7-3)8-4/h11-12,16H,5-10H2,1-4H3. The lowest BCUT2D eigenvalue weighted by Gasteiger charge is -2.14. The summed E-state index contributed by atoms with van der Waals surface area (Å²) in [6.45, 7) is 9.63. The van der Waals surface area contributed by atoms with Gasteiger partial charge in [-0.2, -0.15) is 0 Å². The van der Waals surface area contributed by atoms with Crippen molar-refractivity contribution >= 4 is 8.25 Å². The summed E-state index contributed by atoms with van der Waals surface area (Å²) in [7, 11) is -2.27. The zero-order valence-corrected chi connectivity index (χ0v) is 12.1. The summed E-state index contributed by atoms with van der Waals surface area (Å²) in [4.78, 5) is 0. The molecular formula is C12H27O3P. The maximum Gasteiger partial charge on any atom is 0.319 e. The number of rotatable bonds is 10. The predicted molar refractivity (Wildman–Crippen MR) is 69.0 cm³/mol. The van der Waals surface area contributed by atoms with Gasteiger partial charge in [0.05, 0.1) is 13.2 Å². The van der Waals surface area contributed by atoms with Gasteiger partial charge in [0.1, 0.15) is 0 Å². The minimum Gasteiger partial charge on any atom is -0.310 e. The quantitative estimate of drug-likeness (QED) is 0.543. The highest BCUT2D eigenvalue weighted by Gasteiger charge is 2.09. The molecule has 0 spiro atoms. The van der Waals surface area contributed by atoms with E-state index in [1.807, 2.05) is 0 Å². The van der Waals surface area contributed by atoms with Crippen LogP contribution in [0, 0.1) is 11.8 Å². The Labute approximate surface area is 101 Å². The van der Waals surface area contributed by atoms with E-state index in [4.69, 9.17) is 9.05 Å². The van der Waals surface area contributed by atoms with E-state index in [9.17, 15) is 4.57 Å². The third kappa shape index (κ3) is 7.43. The van der Waals surface area contributed by atoms with Crippen molar-refractivity contribution in [3.63, 3.8) is 0 Å². The fraction of sp³-hybridized carbons (Fsp3) is 1.00. The van der Waals surface area contributed by atoms with Crippen LogP contribution in [-0.4, -0.2) is 13.2 Å². The fourth-order valence-electron chi connectivity index (χ4n) is 1.46. The molecule has 0 aliphatic carbocycles. The van der Waals surface area contributed by atoms with Crippen molar-refractivity contribution < 1.29 is 13.6 Å². The van der Waals surface area contributed by atoms with E-state index in [2.05, 4.69) is 27.7 Å².